The topological polar surface area (TPSA) is 49.4 Å². The van der Waals surface area contributed by atoms with Gasteiger partial charge in [-0.1, -0.05) is 6.92 Å². The first-order valence-corrected chi connectivity index (χ1v) is 6.40. The predicted octanol–water partition coefficient (Wildman–Crippen LogP) is 1.59. The van der Waals surface area contributed by atoms with E-state index in [4.69, 9.17) is 0 Å². The molecule has 4 nitrogen and oxygen atoms in total. The van der Waals surface area contributed by atoms with Crippen LogP contribution in [-0.2, 0) is 16.1 Å². The summed E-state index contributed by atoms with van der Waals surface area (Å²) in [5.41, 5.74) is -0.678. The van der Waals surface area contributed by atoms with Crippen LogP contribution < -0.4 is 5.32 Å². The monoisotopic (exact) mass is 282 g/mol. The molecule has 1 aromatic rings. The van der Waals surface area contributed by atoms with Crippen LogP contribution in [0.4, 0.5) is 8.78 Å². The fourth-order valence-corrected chi connectivity index (χ4v) is 2.34. The standard InChI is InChI=1S/C14H16F2N2O2/c1-3-14(2)13(20)17-7-12(19)18(14)8-9-4-10(15)6-11(16)5-9/h4-6H,3,7-8H2,1-2H3,(H,17,20). The minimum Gasteiger partial charge on any atom is -0.345 e. The molecule has 1 aliphatic heterocycles. The van der Waals surface area contributed by atoms with Gasteiger partial charge >= 0.3 is 0 Å². The van der Waals surface area contributed by atoms with Crippen molar-refractivity contribution in [3.05, 3.63) is 35.4 Å². The second-order valence-electron chi connectivity index (χ2n) is 5.07. The number of hydrogen-bond acceptors (Lipinski definition) is 2. The molecule has 0 aromatic heterocycles. The lowest BCUT2D eigenvalue weighted by Gasteiger charge is -2.43. The van der Waals surface area contributed by atoms with Gasteiger partial charge in [-0.05, 0) is 31.0 Å². The van der Waals surface area contributed by atoms with Crippen LogP contribution >= 0.6 is 0 Å². The molecular weight excluding hydrogens is 266 g/mol. The molecule has 6 heteroatoms. The van der Waals surface area contributed by atoms with Gasteiger partial charge in [0.25, 0.3) is 0 Å². The highest BCUT2D eigenvalue weighted by Crippen LogP contribution is 2.25. The lowest BCUT2D eigenvalue weighted by atomic mass is 9.92. The molecule has 2 amide bonds. The number of halogens is 2. The van der Waals surface area contributed by atoms with Gasteiger partial charge in [-0.25, -0.2) is 8.78 Å². The highest BCUT2D eigenvalue weighted by molar-refractivity contribution is 5.97. The van der Waals surface area contributed by atoms with Crippen LogP contribution in [-0.4, -0.2) is 28.8 Å². The van der Waals surface area contributed by atoms with E-state index in [0.29, 0.717) is 12.0 Å². The highest BCUT2D eigenvalue weighted by Gasteiger charge is 2.44. The van der Waals surface area contributed by atoms with Gasteiger partial charge < -0.3 is 10.2 Å². The number of amides is 2. The third-order valence-corrected chi connectivity index (χ3v) is 3.74. The Balaban J connectivity index is 2.33. The number of rotatable bonds is 3. The van der Waals surface area contributed by atoms with Gasteiger partial charge in [-0.2, -0.15) is 0 Å². The minimum absolute atomic E-state index is 0.00523. The quantitative estimate of drug-likeness (QED) is 0.915. The number of nitrogens with zero attached hydrogens (tertiary/aromatic N) is 1. The molecule has 0 saturated carbocycles. The van der Waals surface area contributed by atoms with Gasteiger partial charge in [0, 0.05) is 12.6 Å². The summed E-state index contributed by atoms with van der Waals surface area (Å²) in [4.78, 5) is 25.4. The van der Waals surface area contributed by atoms with Crippen molar-refractivity contribution in [1.82, 2.24) is 10.2 Å². The molecule has 1 N–H and O–H groups in total. The average Bonchev–Trinajstić information content (AvgIpc) is 2.38. The van der Waals surface area contributed by atoms with Gasteiger partial charge in [0.2, 0.25) is 11.8 Å². The van der Waals surface area contributed by atoms with E-state index in [1.807, 2.05) is 0 Å². The van der Waals surface area contributed by atoms with Crippen LogP contribution in [0.15, 0.2) is 18.2 Å². The number of carbonyl (C=O) groups excluding carboxylic acids is 2. The third-order valence-electron chi connectivity index (χ3n) is 3.74. The molecule has 0 aliphatic carbocycles. The summed E-state index contributed by atoms with van der Waals surface area (Å²) in [6.07, 6.45) is 0.419. The van der Waals surface area contributed by atoms with Crippen molar-refractivity contribution in [2.24, 2.45) is 0 Å². The van der Waals surface area contributed by atoms with E-state index in [-0.39, 0.29) is 24.9 Å². The van der Waals surface area contributed by atoms with E-state index in [0.717, 1.165) is 6.07 Å². The van der Waals surface area contributed by atoms with Crippen molar-refractivity contribution in [1.29, 1.82) is 0 Å². The van der Waals surface area contributed by atoms with Crippen molar-refractivity contribution in [2.45, 2.75) is 32.4 Å². The first-order valence-electron chi connectivity index (χ1n) is 6.40. The van der Waals surface area contributed by atoms with Crippen LogP contribution in [0.3, 0.4) is 0 Å². The second-order valence-corrected chi connectivity index (χ2v) is 5.07. The maximum atomic E-state index is 13.2. The number of benzene rings is 1. The number of piperazine rings is 1. The highest BCUT2D eigenvalue weighted by atomic mass is 19.1. The zero-order valence-corrected chi connectivity index (χ0v) is 11.4. The Morgan fingerprint density at radius 3 is 2.40 bits per heavy atom. The van der Waals surface area contributed by atoms with E-state index >= 15 is 0 Å². The molecule has 0 bridgehead atoms. The number of carbonyl (C=O) groups is 2. The van der Waals surface area contributed by atoms with Crippen molar-refractivity contribution >= 4 is 11.8 Å². The summed E-state index contributed by atoms with van der Waals surface area (Å²) >= 11 is 0. The van der Waals surface area contributed by atoms with E-state index < -0.39 is 17.2 Å². The fourth-order valence-electron chi connectivity index (χ4n) is 2.34. The molecule has 2 rings (SSSR count). The molecule has 108 valence electrons. The first kappa shape index (κ1) is 14.4. The van der Waals surface area contributed by atoms with Crippen molar-refractivity contribution in [3.63, 3.8) is 0 Å². The van der Waals surface area contributed by atoms with Crippen LogP contribution in [0.2, 0.25) is 0 Å². The first-order chi connectivity index (χ1) is 9.36. The lowest BCUT2D eigenvalue weighted by Crippen LogP contribution is -2.65. The van der Waals surface area contributed by atoms with Crippen LogP contribution in [0.25, 0.3) is 0 Å². The summed E-state index contributed by atoms with van der Waals surface area (Å²) in [7, 11) is 0. The number of nitrogens with one attached hydrogen (secondary N) is 1. The molecule has 1 unspecified atom stereocenters. The Hall–Kier alpha value is -1.98. The zero-order valence-electron chi connectivity index (χ0n) is 11.4. The molecule has 0 spiro atoms. The lowest BCUT2D eigenvalue weighted by molar-refractivity contribution is -0.153. The Kier molecular flexibility index (Phi) is 3.74. The molecule has 0 radical (unpaired) electrons. The molecule has 20 heavy (non-hydrogen) atoms. The SMILES string of the molecule is CCC1(C)C(=O)NCC(=O)N1Cc1cc(F)cc(F)c1. The normalized spacial score (nSPS) is 22.9. The Morgan fingerprint density at radius 2 is 1.85 bits per heavy atom. The van der Waals surface area contributed by atoms with Gasteiger partial charge in [-0.15, -0.1) is 0 Å². The van der Waals surface area contributed by atoms with E-state index in [1.165, 1.54) is 17.0 Å². The zero-order chi connectivity index (χ0) is 14.9. The number of hydrogen-bond donors (Lipinski definition) is 1. The molecule has 1 aliphatic rings. The van der Waals surface area contributed by atoms with E-state index in [9.17, 15) is 18.4 Å². The molecule has 1 aromatic carbocycles. The predicted molar refractivity (Wildman–Crippen MR) is 68.6 cm³/mol. The molecule has 1 atom stereocenters. The third kappa shape index (κ3) is 2.50. The summed E-state index contributed by atoms with van der Waals surface area (Å²) in [6.45, 7) is 3.35. The molecule has 1 fully saturated rings. The maximum absolute atomic E-state index is 13.2. The van der Waals surface area contributed by atoms with Crippen molar-refractivity contribution < 1.29 is 18.4 Å². The maximum Gasteiger partial charge on any atom is 0.246 e. The van der Waals surface area contributed by atoms with Crippen molar-refractivity contribution in [3.8, 4) is 0 Å². The van der Waals surface area contributed by atoms with Crippen LogP contribution in [0.1, 0.15) is 25.8 Å². The Morgan fingerprint density at radius 1 is 1.25 bits per heavy atom. The van der Waals surface area contributed by atoms with Crippen LogP contribution in [0, 0.1) is 11.6 Å². The molecule has 1 saturated heterocycles. The summed E-state index contributed by atoms with van der Waals surface area (Å²) in [5.74, 6) is -1.92. The van der Waals surface area contributed by atoms with Gasteiger partial charge in [0.1, 0.15) is 17.2 Å². The van der Waals surface area contributed by atoms with Gasteiger partial charge in [0.05, 0.1) is 6.54 Å². The van der Waals surface area contributed by atoms with Gasteiger partial charge in [0.15, 0.2) is 0 Å². The van der Waals surface area contributed by atoms with Crippen LogP contribution in [0.5, 0.6) is 0 Å². The summed E-state index contributed by atoms with van der Waals surface area (Å²) in [5, 5.41) is 2.53. The van der Waals surface area contributed by atoms with E-state index in [2.05, 4.69) is 5.32 Å². The van der Waals surface area contributed by atoms with E-state index in [1.54, 1.807) is 13.8 Å². The second kappa shape index (κ2) is 5.19. The molecular formula is C14H16F2N2O2. The Labute approximate surface area is 115 Å². The van der Waals surface area contributed by atoms with Gasteiger partial charge in [-0.3, -0.25) is 9.59 Å². The molecule has 1 heterocycles. The summed E-state index contributed by atoms with van der Waals surface area (Å²) in [6, 6.07) is 3.10. The Bertz CT molecular complexity index is 542. The smallest absolute Gasteiger partial charge is 0.246 e. The van der Waals surface area contributed by atoms with Crippen molar-refractivity contribution in [2.75, 3.05) is 6.54 Å². The average molecular weight is 282 g/mol. The largest absolute Gasteiger partial charge is 0.345 e. The minimum atomic E-state index is -1.00. The summed E-state index contributed by atoms with van der Waals surface area (Å²) < 4.78 is 26.4. The fraction of sp³-hybridized carbons (Fsp3) is 0.429.